The molecule has 0 unspecified atom stereocenters. The first-order chi connectivity index (χ1) is 10.1. The van der Waals surface area contributed by atoms with Crippen LogP contribution < -0.4 is 0 Å². The van der Waals surface area contributed by atoms with Crippen LogP contribution in [0, 0.1) is 17.3 Å². The average molecular weight is 325 g/mol. The van der Waals surface area contributed by atoms with Crippen LogP contribution in [0.1, 0.15) is 34.1 Å². The highest BCUT2D eigenvalue weighted by Crippen LogP contribution is 2.60. The lowest BCUT2D eigenvalue weighted by Crippen LogP contribution is -2.42. The molecule has 1 amide bonds. The SMILES string of the molecule is C=CCN(C(=O)[C@@H]1[C@@H](C=C(C)C)C1(C)C)[C@H]1CCS(=O)(=O)C1. The van der Waals surface area contributed by atoms with Gasteiger partial charge in [-0.25, -0.2) is 8.42 Å². The van der Waals surface area contributed by atoms with E-state index in [4.69, 9.17) is 0 Å². The van der Waals surface area contributed by atoms with Gasteiger partial charge in [0, 0.05) is 12.6 Å². The lowest BCUT2D eigenvalue weighted by Gasteiger charge is -2.27. The Morgan fingerprint density at radius 3 is 2.45 bits per heavy atom. The molecule has 0 aromatic rings. The van der Waals surface area contributed by atoms with E-state index in [1.807, 2.05) is 13.8 Å². The molecule has 0 radical (unpaired) electrons. The summed E-state index contributed by atoms with van der Waals surface area (Å²) in [5.74, 6) is 0.548. The molecule has 5 heteroatoms. The highest BCUT2D eigenvalue weighted by molar-refractivity contribution is 7.91. The van der Waals surface area contributed by atoms with E-state index in [2.05, 4.69) is 26.5 Å². The highest BCUT2D eigenvalue weighted by Gasteiger charge is 2.61. The molecule has 4 nitrogen and oxygen atoms in total. The molecule has 2 aliphatic rings. The number of rotatable bonds is 5. The molecule has 0 aromatic heterocycles. The first-order valence-electron chi connectivity index (χ1n) is 7.87. The van der Waals surface area contributed by atoms with Gasteiger partial charge in [-0.05, 0) is 31.6 Å². The Morgan fingerprint density at radius 2 is 2.00 bits per heavy atom. The van der Waals surface area contributed by atoms with Crippen LogP contribution in [-0.2, 0) is 14.6 Å². The van der Waals surface area contributed by atoms with Crippen LogP contribution >= 0.6 is 0 Å². The lowest BCUT2D eigenvalue weighted by molar-refractivity contribution is -0.134. The third-order valence-electron chi connectivity index (χ3n) is 4.95. The van der Waals surface area contributed by atoms with Crippen LogP contribution in [-0.4, -0.2) is 43.3 Å². The molecule has 1 saturated heterocycles. The van der Waals surface area contributed by atoms with Crippen LogP contribution in [0.2, 0.25) is 0 Å². The Hall–Kier alpha value is -1.10. The van der Waals surface area contributed by atoms with E-state index in [9.17, 15) is 13.2 Å². The molecule has 0 aromatic carbocycles. The maximum Gasteiger partial charge on any atom is 0.227 e. The van der Waals surface area contributed by atoms with Crippen molar-refractivity contribution in [3.63, 3.8) is 0 Å². The maximum atomic E-state index is 13.0. The van der Waals surface area contributed by atoms with Crippen LogP contribution in [0.3, 0.4) is 0 Å². The lowest BCUT2D eigenvalue weighted by atomic mass is 10.1. The zero-order chi connectivity index (χ0) is 16.7. The molecule has 124 valence electrons. The third kappa shape index (κ3) is 3.29. The summed E-state index contributed by atoms with van der Waals surface area (Å²) in [5, 5.41) is 0. The number of amides is 1. The smallest absolute Gasteiger partial charge is 0.227 e. The number of nitrogens with zero attached hydrogens (tertiary/aromatic N) is 1. The number of carbonyl (C=O) groups excluding carboxylic acids is 1. The van der Waals surface area contributed by atoms with E-state index in [0.717, 1.165) is 0 Å². The fourth-order valence-electron chi connectivity index (χ4n) is 3.58. The van der Waals surface area contributed by atoms with E-state index in [1.165, 1.54) is 5.57 Å². The predicted octanol–water partition coefficient (Wildman–Crippen LogP) is 2.43. The van der Waals surface area contributed by atoms with Gasteiger partial charge in [0.05, 0.1) is 17.4 Å². The second-order valence-corrected chi connectivity index (χ2v) is 9.63. The fraction of sp³-hybridized carbons (Fsp3) is 0.706. The van der Waals surface area contributed by atoms with Crippen LogP contribution in [0.15, 0.2) is 24.3 Å². The van der Waals surface area contributed by atoms with Crippen molar-refractivity contribution in [2.75, 3.05) is 18.1 Å². The zero-order valence-corrected chi connectivity index (χ0v) is 14.8. The van der Waals surface area contributed by atoms with Gasteiger partial charge in [-0.15, -0.1) is 6.58 Å². The van der Waals surface area contributed by atoms with E-state index in [1.54, 1.807) is 11.0 Å². The van der Waals surface area contributed by atoms with Gasteiger partial charge < -0.3 is 4.90 Å². The Bertz CT molecular complexity index is 599. The normalized spacial score (nSPS) is 31.4. The van der Waals surface area contributed by atoms with Crippen molar-refractivity contribution in [2.45, 2.75) is 40.2 Å². The Kier molecular flexibility index (Phi) is 4.58. The Morgan fingerprint density at radius 1 is 1.36 bits per heavy atom. The second kappa shape index (κ2) is 5.84. The maximum absolute atomic E-state index is 13.0. The number of allylic oxidation sites excluding steroid dienone is 2. The van der Waals surface area contributed by atoms with Crippen molar-refractivity contribution in [3.05, 3.63) is 24.3 Å². The van der Waals surface area contributed by atoms with Crippen molar-refractivity contribution >= 4 is 15.7 Å². The van der Waals surface area contributed by atoms with Gasteiger partial charge in [0.2, 0.25) is 5.91 Å². The summed E-state index contributed by atoms with van der Waals surface area (Å²) in [6.07, 6.45) is 4.40. The molecule has 0 spiro atoms. The molecule has 22 heavy (non-hydrogen) atoms. The summed E-state index contributed by atoms with van der Waals surface area (Å²) in [5.41, 5.74) is 1.16. The summed E-state index contributed by atoms with van der Waals surface area (Å²) in [6, 6.07) is -0.195. The van der Waals surface area contributed by atoms with Crippen molar-refractivity contribution in [2.24, 2.45) is 17.3 Å². The summed E-state index contributed by atoms with van der Waals surface area (Å²) < 4.78 is 23.4. The zero-order valence-electron chi connectivity index (χ0n) is 14.0. The highest BCUT2D eigenvalue weighted by atomic mass is 32.2. The molecule has 1 aliphatic heterocycles. The van der Waals surface area contributed by atoms with E-state index >= 15 is 0 Å². The topological polar surface area (TPSA) is 54.5 Å². The number of hydrogen-bond acceptors (Lipinski definition) is 3. The van der Waals surface area contributed by atoms with Crippen LogP contribution in [0.25, 0.3) is 0 Å². The minimum absolute atomic E-state index is 0.0503. The summed E-state index contributed by atoms with van der Waals surface area (Å²) in [6.45, 7) is 12.4. The van der Waals surface area contributed by atoms with E-state index < -0.39 is 9.84 Å². The van der Waals surface area contributed by atoms with Crippen molar-refractivity contribution in [3.8, 4) is 0 Å². The minimum atomic E-state index is -3.00. The third-order valence-corrected chi connectivity index (χ3v) is 6.70. The summed E-state index contributed by atoms with van der Waals surface area (Å²) >= 11 is 0. The largest absolute Gasteiger partial charge is 0.335 e. The predicted molar refractivity (Wildman–Crippen MR) is 89.2 cm³/mol. The second-order valence-electron chi connectivity index (χ2n) is 7.40. The van der Waals surface area contributed by atoms with Crippen LogP contribution in [0.4, 0.5) is 0 Å². The van der Waals surface area contributed by atoms with Gasteiger partial charge in [-0.2, -0.15) is 0 Å². The number of hydrogen-bond donors (Lipinski definition) is 0. The molecular weight excluding hydrogens is 298 g/mol. The number of carbonyl (C=O) groups is 1. The molecule has 1 heterocycles. The van der Waals surface area contributed by atoms with Crippen molar-refractivity contribution in [1.82, 2.24) is 4.90 Å². The molecule has 2 fully saturated rings. The van der Waals surface area contributed by atoms with E-state index in [-0.39, 0.29) is 40.7 Å². The Balaban J connectivity index is 2.18. The molecule has 0 bridgehead atoms. The minimum Gasteiger partial charge on any atom is -0.335 e. The first kappa shape index (κ1) is 17.3. The van der Waals surface area contributed by atoms with Crippen molar-refractivity contribution in [1.29, 1.82) is 0 Å². The van der Waals surface area contributed by atoms with Crippen LogP contribution in [0.5, 0.6) is 0 Å². The fourth-order valence-corrected chi connectivity index (χ4v) is 5.31. The molecule has 3 atom stereocenters. The van der Waals surface area contributed by atoms with Gasteiger partial charge in [-0.1, -0.05) is 31.6 Å². The van der Waals surface area contributed by atoms with Gasteiger partial charge in [0.15, 0.2) is 9.84 Å². The van der Waals surface area contributed by atoms with Gasteiger partial charge in [0.1, 0.15) is 0 Å². The standard InChI is InChI=1S/C17H27NO3S/c1-6-8-18(13-7-9-22(20,21)11-13)16(19)15-14(10-12(2)3)17(15,4)5/h6,10,13-15H,1,7-9,11H2,2-5H3/t13-,14+,15-/m0/s1. The van der Waals surface area contributed by atoms with Crippen molar-refractivity contribution < 1.29 is 13.2 Å². The first-order valence-corrected chi connectivity index (χ1v) is 9.69. The summed E-state index contributed by atoms with van der Waals surface area (Å²) in [4.78, 5) is 14.7. The molecule has 0 N–H and O–H groups in total. The van der Waals surface area contributed by atoms with Gasteiger partial charge >= 0.3 is 0 Å². The molecule has 1 aliphatic carbocycles. The average Bonchev–Trinajstić information content (AvgIpc) is 2.73. The quantitative estimate of drug-likeness (QED) is 0.730. The monoisotopic (exact) mass is 325 g/mol. The van der Waals surface area contributed by atoms with Gasteiger partial charge in [-0.3, -0.25) is 4.79 Å². The Labute approximate surface area is 134 Å². The van der Waals surface area contributed by atoms with E-state index in [0.29, 0.717) is 13.0 Å². The molecular formula is C17H27NO3S. The van der Waals surface area contributed by atoms with Gasteiger partial charge in [0.25, 0.3) is 0 Å². The number of sulfone groups is 1. The summed E-state index contributed by atoms with van der Waals surface area (Å²) in [7, 11) is -3.00. The molecule has 2 rings (SSSR count). The molecule has 1 saturated carbocycles.